The Morgan fingerprint density at radius 2 is 1.75 bits per heavy atom. The Morgan fingerprint density at radius 3 is 2.25 bits per heavy atom. The molecule has 0 amide bonds. The first-order chi connectivity index (χ1) is 7.79. The van der Waals surface area contributed by atoms with Crippen LogP contribution in [0, 0.1) is 0 Å². The Kier molecular flexibility index (Phi) is 8.22. The van der Waals surface area contributed by atoms with Crippen LogP contribution < -0.4 is 0 Å². The summed E-state index contributed by atoms with van der Waals surface area (Å²) in [7, 11) is 2.00. The van der Waals surface area contributed by atoms with Gasteiger partial charge in [0.1, 0.15) is 5.65 Å². The fourth-order valence-corrected chi connectivity index (χ4v) is 1.10. The van der Waals surface area contributed by atoms with E-state index in [4.69, 9.17) is 0 Å². The van der Waals surface area contributed by atoms with Crippen molar-refractivity contribution in [3.63, 3.8) is 0 Å². The molecule has 0 saturated carbocycles. The van der Waals surface area contributed by atoms with Crippen LogP contribution in [0.5, 0.6) is 0 Å². The summed E-state index contributed by atoms with van der Waals surface area (Å²) in [5.41, 5.74) is 1.04. The summed E-state index contributed by atoms with van der Waals surface area (Å²) in [5.74, 6) is 0. The molecule has 0 radical (unpaired) electrons. The summed E-state index contributed by atoms with van der Waals surface area (Å²) < 4.78 is 2.01. The third-order valence-corrected chi connectivity index (χ3v) is 2.13. The second-order valence-corrected chi connectivity index (χ2v) is 3.34. The number of hydrogen-bond acceptors (Lipinski definition) is 1. The largest absolute Gasteiger partial charge is 0.336 e. The quantitative estimate of drug-likeness (QED) is 0.696. The van der Waals surface area contributed by atoms with Gasteiger partial charge in [0.25, 0.3) is 0 Å². The SMILES string of the molecule is CC.CCCC.Cn1ccc2cccnc21. The molecule has 0 aliphatic heterocycles. The standard InChI is InChI=1S/C8H8N2.C4H10.C2H6/c1-10-6-4-7-3-2-5-9-8(7)10;1-3-4-2;1-2/h2-6H,1H3;3-4H2,1-2H3;1-2H3. The number of nitrogens with zero attached hydrogens (tertiary/aromatic N) is 2. The fourth-order valence-electron chi connectivity index (χ4n) is 1.10. The predicted octanol–water partition coefficient (Wildman–Crippen LogP) is 4.41. The van der Waals surface area contributed by atoms with Gasteiger partial charge in [-0.05, 0) is 18.2 Å². The normalized spacial score (nSPS) is 8.81. The van der Waals surface area contributed by atoms with E-state index < -0.39 is 0 Å². The van der Waals surface area contributed by atoms with Gasteiger partial charge in [0, 0.05) is 24.8 Å². The Balaban J connectivity index is 0.000000323. The van der Waals surface area contributed by atoms with Crippen molar-refractivity contribution in [3.8, 4) is 0 Å². The lowest BCUT2D eigenvalue weighted by molar-refractivity contribution is 0.886. The zero-order valence-electron chi connectivity index (χ0n) is 11.2. The van der Waals surface area contributed by atoms with E-state index in [1.54, 1.807) is 0 Å². The van der Waals surface area contributed by atoms with Crippen molar-refractivity contribution >= 4 is 11.0 Å². The van der Waals surface area contributed by atoms with Gasteiger partial charge in [-0.25, -0.2) is 4.98 Å². The maximum absolute atomic E-state index is 4.20. The molecule has 16 heavy (non-hydrogen) atoms. The van der Waals surface area contributed by atoms with Crippen LogP contribution in [0.3, 0.4) is 0 Å². The van der Waals surface area contributed by atoms with Crippen LogP contribution in [0.2, 0.25) is 0 Å². The van der Waals surface area contributed by atoms with Gasteiger partial charge in [-0.15, -0.1) is 0 Å². The van der Waals surface area contributed by atoms with Crippen molar-refractivity contribution in [1.82, 2.24) is 9.55 Å². The topological polar surface area (TPSA) is 17.8 Å². The van der Waals surface area contributed by atoms with Crippen molar-refractivity contribution < 1.29 is 0 Å². The van der Waals surface area contributed by atoms with Crippen LogP contribution in [0.25, 0.3) is 11.0 Å². The van der Waals surface area contributed by atoms with Crippen LogP contribution >= 0.6 is 0 Å². The van der Waals surface area contributed by atoms with Crippen LogP contribution in [-0.4, -0.2) is 9.55 Å². The molecule has 0 unspecified atom stereocenters. The van der Waals surface area contributed by atoms with E-state index in [1.807, 2.05) is 43.9 Å². The smallest absolute Gasteiger partial charge is 0.139 e. The summed E-state index contributed by atoms with van der Waals surface area (Å²) >= 11 is 0. The van der Waals surface area contributed by atoms with E-state index in [1.165, 1.54) is 18.2 Å². The molecule has 90 valence electrons. The monoisotopic (exact) mass is 220 g/mol. The third-order valence-electron chi connectivity index (χ3n) is 2.13. The molecule has 0 atom stereocenters. The molecule has 0 saturated heterocycles. The minimum atomic E-state index is 1.04. The minimum Gasteiger partial charge on any atom is -0.336 e. The van der Waals surface area contributed by atoms with Crippen LogP contribution in [0.4, 0.5) is 0 Å². The van der Waals surface area contributed by atoms with E-state index in [0.717, 1.165) is 5.65 Å². The Hall–Kier alpha value is -1.31. The molecule has 0 spiro atoms. The van der Waals surface area contributed by atoms with Crippen molar-refractivity contribution in [1.29, 1.82) is 0 Å². The summed E-state index contributed by atoms with van der Waals surface area (Å²) in [5, 5.41) is 1.20. The predicted molar refractivity (Wildman–Crippen MR) is 72.6 cm³/mol. The number of pyridine rings is 1. The maximum Gasteiger partial charge on any atom is 0.139 e. The second-order valence-electron chi connectivity index (χ2n) is 3.34. The maximum atomic E-state index is 4.20. The lowest BCUT2D eigenvalue weighted by Gasteiger charge is -1.91. The molecule has 0 aliphatic carbocycles. The lowest BCUT2D eigenvalue weighted by Crippen LogP contribution is -1.85. The molecule has 2 nitrogen and oxygen atoms in total. The van der Waals surface area contributed by atoms with Gasteiger partial charge in [-0.2, -0.15) is 0 Å². The van der Waals surface area contributed by atoms with E-state index in [2.05, 4.69) is 31.0 Å². The van der Waals surface area contributed by atoms with Gasteiger partial charge >= 0.3 is 0 Å². The lowest BCUT2D eigenvalue weighted by atomic mass is 10.3. The van der Waals surface area contributed by atoms with E-state index >= 15 is 0 Å². The van der Waals surface area contributed by atoms with Crippen molar-refractivity contribution in [2.24, 2.45) is 7.05 Å². The molecular formula is C14H24N2. The molecule has 2 heterocycles. The molecular weight excluding hydrogens is 196 g/mol. The van der Waals surface area contributed by atoms with Gasteiger partial charge in [-0.1, -0.05) is 40.5 Å². The highest BCUT2D eigenvalue weighted by molar-refractivity contribution is 5.75. The number of aromatic nitrogens is 2. The third kappa shape index (κ3) is 4.47. The van der Waals surface area contributed by atoms with Crippen molar-refractivity contribution in [2.45, 2.75) is 40.5 Å². The highest BCUT2D eigenvalue weighted by Crippen LogP contribution is 2.09. The minimum absolute atomic E-state index is 1.04. The molecule has 2 rings (SSSR count). The highest BCUT2D eigenvalue weighted by Gasteiger charge is 1.93. The van der Waals surface area contributed by atoms with E-state index in [-0.39, 0.29) is 0 Å². The van der Waals surface area contributed by atoms with E-state index in [0.29, 0.717) is 0 Å². The molecule has 2 aromatic heterocycles. The van der Waals surface area contributed by atoms with Gasteiger partial charge in [0.05, 0.1) is 0 Å². The summed E-state index contributed by atoms with van der Waals surface area (Å²) in [4.78, 5) is 4.20. The van der Waals surface area contributed by atoms with Gasteiger partial charge in [-0.3, -0.25) is 0 Å². The van der Waals surface area contributed by atoms with Crippen molar-refractivity contribution in [2.75, 3.05) is 0 Å². The molecule has 0 fully saturated rings. The average molecular weight is 220 g/mol. The number of aryl methyl sites for hydroxylation is 1. The average Bonchev–Trinajstić information content (AvgIpc) is 2.75. The van der Waals surface area contributed by atoms with Crippen LogP contribution in [-0.2, 0) is 7.05 Å². The van der Waals surface area contributed by atoms with E-state index in [9.17, 15) is 0 Å². The molecule has 2 heteroatoms. The number of unbranched alkanes of at least 4 members (excludes halogenated alkanes) is 1. The zero-order valence-corrected chi connectivity index (χ0v) is 11.2. The summed E-state index contributed by atoms with van der Waals surface area (Å²) in [6, 6.07) is 6.06. The van der Waals surface area contributed by atoms with Crippen LogP contribution in [0.1, 0.15) is 40.5 Å². The Morgan fingerprint density at radius 1 is 1.12 bits per heavy atom. The Bertz CT molecular complexity index is 375. The molecule has 0 aliphatic rings. The van der Waals surface area contributed by atoms with Gasteiger partial charge in [0.2, 0.25) is 0 Å². The highest BCUT2D eigenvalue weighted by atomic mass is 15.0. The summed E-state index contributed by atoms with van der Waals surface area (Å²) in [6.45, 7) is 8.36. The zero-order chi connectivity index (χ0) is 12.4. The summed E-state index contributed by atoms with van der Waals surface area (Å²) in [6.07, 6.45) is 6.46. The Labute approximate surface area is 99.3 Å². The van der Waals surface area contributed by atoms with Gasteiger partial charge < -0.3 is 4.57 Å². The molecule has 0 aromatic carbocycles. The first kappa shape index (κ1) is 14.7. The number of hydrogen-bond donors (Lipinski definition) is 0. The number of fused-ring (bicyclic) bond motifs is 1. The molecule has 0 N–H and O–H groups in total. The van der Waals surface area contributed by atoms with Crippen LogP contribution in [0.15, 0.2) is 30.6 Å². The first-order valence-electron chi connectivity index (χ1n) is 6.15. The van der Waals surface area contributed by atoms with Crippen molar-refractivity contribution in [3.05, 3.63) is 30.6 Å². The fraction of sp³-hybridized carbons (Fsp3) is 0.500. The number of rotatable bonds is 1. The first-order valence-corrected chi connectivity index (χ1v) is 6.15. The second kappa shape index (κ2) is 8.96. The molecule has 2 aromatic rings. The van der Waals surface area contributed by atoms with Gasteiger partial charge in [0.15, 0.2) is 0 Å². The molecule has 0 bridgehead atoms.